The molecule has 0 saturated carbocycles. The van der Waals surface area contributed by atoms with Gasteiger partial charge in [-0.3, -0.25) is 0 Å². The van der Waals surface area contributed by atoms with Crippen LogP contribution < -0.4 is 5.32 Å². The first-order valence-corrected chi connectivity index (χ1v) is 10.0. The fourth-order valence-electron chi connectivity index (χ4n) is 5.05. The number of fused-ring (bicyclic) bond motifs is 2. The summed E-state index contributed by atoms with van der Waals surface area (Å²) in [7, 11) is 2.16. The Morgan fingerprint density at radius 3 is 2.85 bits per heavy atom. The van der Waals surface area contributed by atoms with E-state index in [1.807, 2.05) is 18.7 Å². The van der Waals surface area contributed by atoms with E-state index in [4.69, 9.17) is 0 Å². The van der Waals surface area contributed by atoms with E-state index in [1.54, 1.807) is 0 Å². The van der Waals surface area contributed by atoms with Gasteiger partial charge in [0.05, 0.1) is 6.61 Å². The summed E-state index contributed by atoms with van der Waals surface area (Å²) in [5.41, 5.74) is 4.74. The number of amides is 2. The molecule has 1 saturated heterocycles. The minimum atomic E-state index is 0.0317. The third-order valence-electron chi connectivity index (χ3n) is 6.42. The number of carbonyl (C=O) groups is 1. The molecule has 3 N–H and O–H groups in total. The molecule has 6 nitrogen and oxygen atoms in total. The minimum Gasteiger partial charge on any atom is -0.392 e. The van der Waals surface area contributed by atoms with E-state index in [-0.39, 0.29) is 18.7 Å². The maximum absolute atomic E-state index is 12.5. The smallest absolute Gasteiger partial charge is 0.317 e. The monoisotopic (exact) mass is 370 g/mol. The summed E-state index contributed by atoms with van der Waals surface area (Å²) in [6.45, 7) is 6.39. The Hall–Kier alpha value is -2.05. The van der Waals surface area contributed by atoms with Crippen LogP contribution >= 0.6 is 0 Å². The quantitative estimate of drug-likeness (QED) is 0.774. The minimum absolute atomic E-state index is 0.0317. The SMILES string of the molecule is CCN(CC)C(=O)N[C@H]1C[C@@H]2c3cc(CO)cc4[nH]cc(c34)C[C@H]2N(C)C1. The van der Waals surface area contributed by atoms with Crippen LogP contribution in [0.25, 0.3) is 10.9 Å². The van der Waals surface area contributed by atoms with Crippen molar-refractivity contribution in [1.82, 2.24) is 20.1 Å². The van der Waals surface area contributed by atoms with Crippen LogP contribution in [-0.4, -0.2) is 64.7 Å². The molecular weight excluding hydrogens is 340 g/mol. The number of rotatable bonds is 4. The Morgan fingerprint density at radius 2 is 2.15 bits per heavy atom. The summed E-state index contributed by atoms with van der Waals surface area (Å²) < 4.78 is 0. The van der Waals surface area contributed by atoms with Crippen LogP contribution in [0.4, 0.5) is 4.79 Å². The first-order chi connectivity index (χ1) is 13.0. The largest absolute Gasteiger partial charge is 0.392 e. The van der Waals surface area contributed by atoms with Gasteiger partial charge in [0, 0.05) is 54.7 Å². The predicted molar refractivity (Wildman–Crippen MR) is 107 cm³/mol. The van der Waals surface area contributed by atoms with Gasteiger partial charge in [0.25, 0.3) is 0 Å². The molecule has 3 atom stereocenters. The van der Waals surface area contributed by atoms with Gasteiger partial charge in [-0.2, -0.15) is 0 Å². The topological polar surface area (TPSA) is 71.6 Å². The standard InChI is InChI=1S/C21H30N4O2/c1-4-25(5-2)21(27)23-15-9-16-17-6-13(12-26)7-18-20(17)14(10-22-18)8-19(16)24(3)11-15/h6-7,10,15-16,19,22,26H,4-5,8-9,11-12H2,1-3H3,(H,23,27)/t15-,16+,19+/m0/s1. The number of likely N-dealkylation sites (tertiary alicyclic amines) is 1. The second-order valence-electron chi connectivity index (χ2n) is 7.95. The summed E-state index contributed by atoms with van der Waals surface area (Å²) >= 11 is 0. The highest BCUT2D eigenvalue weighted by Gasteiger charge is 2.40. The van der Waals surface area contributed by atoms with Crippen LogP contribution in [-0.2, 0) is 13.0 Å². The predicted octanol–water partition coefficient (Wildman–Crippen LogP) is 2.42. The van der Waals surface area contributed by atoms with Gasteiger partial charge in [0.2, 0.25) is 0 Å². The number of aromatic amines is 1. The summed E-state index contributed by atoms with van der Waals surface area (Å²) in [5.74, 6) is 0.364. The van der Waals surface area contributed by atoms with E-state index in [0.717, 1.165) is 43.6 Å². The van der Waals surface area contributed by atoms with Crippen molar-refractivity contribution in [3.8, 4) is 0 Å². The number of H-pyrrole nitrogens is 1. The van der Waals surface area contributed by atoms with Crippen LogP contribution in [0.3, 0.4) is 0 Å². The molecule has 146 valence electrons. The molecule has 1 aromatic carbocycles. The Kier molecular flexibility index (Phi) is 4.86. The number of urea groups is 1. The van der Waals surface area contributed by atoms with Crippen LogP contribution in [0.2, 0.25) is 0 Å². The third-order valence-corrected chi connectivity index (χ3v) is 6.42. The molecule has 1 aliphatic carbocycles. The lowest BCUT2D eigenvalue weighted by Gasteiger charge is -2.46. The van der Waals surface area contributed by atoms with Gasteiger partial charge in [-0.1, -0.05) is 6.07 Å². The normalized spacial score (nSPS) is 24.7. The maximum atomic E-state index is 12.5. The Bertz CT molecular complexity index is 842. The molecule has 1 fully saturated rings. The molecule has 4 rings (SSSR count). The lowest BCUT2D eigenvalue weighted by atomic mass is 9.73. The fraction of sp³-hybridized carbons (Fsp3) is 0.571. The Balaban J connectivity index is 1.64. The van der Waals surface area contributed by atoms with Crippen molar-refractivity contribution in [1.29, 1.82) is 0 Å². The molecule has 0 bridgehead atoms. The van der Waals surface area contributed by atoms with Crippen molar-refractivity contribution in [2.75, 3.05) is 26.7 Å². The van der Waals surface area contributed by atoms with Gasteiger partial charge >= 0.3 is 6.03 Å². The number of nitrogens with one attached hydrogen (secondary N) is 2. The zero-order chi connectivity index (χ0) is 19.1. The van der Waals surface area contributed by atoms with Gasteiger partial charge in [-0.25, -0.2) is 4.79 Å². The highest BCUT2D eigenvalue weighted by atomic mass is 16.3. The highest BCUT2D eigenvalue weighted by Crippen LogP contribution is 2.43. The summed E-state index contributed by atoms with van der Waals surface area (Å²) in [6.07, 6.45) is 4.09. The lowest BCUT2D eigenvalue weighted by molar-refractivity contribution is 0.124. The van der Waals surface area contributed by atoms with Crippen molar-refractivity contribution < 1.29 is 9.90 Å². The van der Waals surface area contributed by atoms with E-state index >= 15 is 0 Å². The molecule has 0 spiro atoms. The number of hydrogen-bond donors (Lipinski definition) is 3. The Labute approximate surface area is 160 Å². The summed E-state index contributed by atoms with van der Waals surface area (Å²) in [4.78, 5) is 20.2. The molecular formula is C21H30N4O2. The molecule has 6 heteroatoms. The molecule has 1 aromatic heterocycles. The second kappa shape index (κ2) is 7.17. The molecule has 2 aromatic rings. The van der Waals surface area contributed by atoms with Crippen LogP contribution in [0, 0.1) is 0 Å². The van der Waals surface area contributed by atoms with E-state index in [9.17, 15) is 9.90 Å². The first kappa shape index (κ1) is 18.3. The third kappa shape index (κ3) is 3.11. The van der Waals surface area contributed by atoms with E-state index < -0.39 is 0 Å². The number of aliphatic hydroxyl groups excluding tert-OH is 1. The van der Waals surface area contributed by atoms with E-state index in [0.29, 0.717) is 12.0 Å². The number of aliphatic hydroxyl groups is 1. The first-order valence-electron chi connectivity index (χ1n) is 10.0. The number of aromatic nitrogens is 1. The number of hydrogen-bond acceptors (Lipinski definition) is 3. The van der Waals surface area contributed by atoms with Crippen LogP contribution in [0.5, 0.6) is 0 Å². The molecule has 0 unspecified atom stereocenters. The summed E-state index contributed by atoms with van der Waals surface area (Å²) in [6, 6.07) is 4.82. The average molecular weight is 370 g/mol. The Morgan fingerprint density at radius 1 is 1.37 bits per heavy atom. The van der Waals surface area contributed by atoms with Crippen molar-refractivity contribution in [3.05, 3.63) is 35.0 Å². The van der Waals surface area contributed by atoms with Gasteiger partial charge in [0.15, 0.2) is 0 Å². The van der Waals surface area contributed by atoms with Gasteiger partial charge in [0.1, 0.15) is 0 Å². The van der Waals surface area contributed by atoms with Gasteiger partial charge in [-0.15, -0.1) is 0 Å². The zero-order valence-electron chi connectivity index (χ0n) is 16.5. The van der Waals surface area contributed by atoms with Crippen molar-refractivity contribution in [3.63, 3.8) is 0 Å². The van der Waals surface area contributed by atoms with Gasteiger partial charge < -0.3 is 25.2 Å². The molecule has 0 radical (unpaired) electrons. The van der Waals surface area contributed by atoms with Crippen LogP contribution in [0.15, 0.2) is 18.3 Å². The molecule has 2 aliphatic rings. The average Bonchev–Trinajstić information content (AvgIpc) is 3.07. The maximum Gasteiger partial charge on any atom is 0.317 e. The van der Waals surface area contributed by atoms with Crippen molar-refractivity contribution >= 4 is 16.9 Å². The highest BCUT2D eigenvalue weighted by molar-refractivity contribution is 5.89. The summed E-state index contributed by atoms with van der Waals surface area (Å²) in [5, 5.41) is 14.3. The van der Waals surface area contributed by atoms with Gasteiger partial charge in [-0.05, 0) is 56.5 Å². The molecule has 1 aliphatic heterocycles. The fourth-order valence-corrected chi connectivity index (χ4v) is 5.05. The number of benzene rings is 1. The zero-order valence-corrected chi connectivity index (χ0v) is 16.5. The number of likely N-dealkylation sites (N-methyl/N-ethyl adjacent to an activating group) is 1. The molecule has 2 amide bonds. The van der Waals surface area contributed by atoms with Crippen molar-refractivity contribution in [2.45, 2.75) is 51.3 Å². The second-order valence-corrected chi connectivity index (χ2v) is 7.95. The van der Waals surface area contributed by atoms with E-state index in [1.165, 1.54) is 16.5 Å². The number of nitrogens with zero attached hydrogens (tertiary/aromatic N) is 2. The lowest BCUT2D eigenvalue weighted by Crippen LogP contribution is -2.56. The van der Waals surface area contributed by atoms with Crippen LogP contribution in [0.1, 0.15) is 42.9 Å². The van der Waals surface area contributed by atoms with Crippen molar-refractivity contribution in [2.24, 2.45) is 0 Å². The van der Waals surface area contributed by atoms with E-state index in [2.05, 4.69) is 40.6 Å². The number of carbonyl (C=O) groups excluding carboxylic acids is 1. The molecule has 2 heterocycles. The number of piperidine rings is 1. The molecule has 27 heavy (non-hydrogen) atoms.